The lowest BCUT2D eigenvalue weighted by Crippen LogP contribution is -2.33. The number of aliphatic hydroxyl groups is 1. The van der Waals surface area contributed by atoms with Crippen molar-refractivity contribution in [1.82, 2.24) is 5.32 Å². The van der Waals surface area contributed by atoms with Gasteiger partial charge >= 0.3 is 5.97 Å². The number of hydrogen-bond acceptors (Lipinski definition) is 3. The molecule has 0 aromatic rings. The number of aliphatic carboxylic acids is 1. The van der Waals surface area contributed by atoms with E-state index in [1.54, 1.807) is 6.92 Å². The monoisotopic (exact) mass is 187 g/mol. The number of rotatable bonds is 6. The lowest BCUT2D eigenvalue weighted by molar-refractivity contribution is -0.140. The first-order valence-electron chi connectivity index (χ1n) is 4.73. The van der Waals surface area contributed by atoms with Gasteiger partial charge in [0.15, 0.2) is 0 Å². The fourth-order valence-corrected chi connectivity index (χ4v) is 1.18. The van der Waals surface area contributed by atoms with E-state index in [9.17, 15) is 9.90 Å². The van der Waals surface area contributed by atoms with E-state index in [4.69, 9.17) is 5.11 Å². The van der Waals surface area contributed by atoms with Gasteiger partial charge < -0.3 is 15.5 Å². The smallest absolute Gasteiger partial charge is 0.307 e. The molecule has 0 amide bonds. The molecule has 0 spiro atoms. The molecule has 1 rings (SSSR count). The molecule has 3 N–H and O–H groups in total. The minimum Gasteiger partial charge on any atom is -0.481 e. The fraction of sp³-hybridized carbons (Fsp3) is 0.889. The summed E-state index contributed by atoms with van der Waals surface area (Å²) in [4.78, 5) is 10.4. The van der Waals surface area contributed by atoms with Gasteiger partial charge in [0.2, 0.25) is 0 Å². The van der Waals surface area contributed by atoms with Crippen molar-refractivity contribution in [3.05, 3.63) is 0 Å². The zero-order chi connectivity index (χ0) is 9.84. The van der Waals surface area contributed by atoms with Crippen LogP contribution in [0.2, 0.25) is 0 Å². The van der Waals surface area contributed by atoms with Gasteiger partial charge in [-0.05, 0) is 18.8 Å². The quantitative estimate of drug-likeness (QED) is 0.550. The van der Waals surface area contributed by atoms with Crippen LogP contribution in [-0.2, 0) is 4.79 Å². The number of carboxylic acid groups (broad SMARTS) is 1. The Balaban J connectivity index is 2.02. The van der Waals surface area contributed by atoms with E-state index in [-0.39, 0.29) is 12.0 Å². The summed E-state index contributed by atoms with van der Waals surface area (Å²) in [5.41, 5.74) is 0. The van der Waals surface area contributed by atoms with Crippen molar-refractivity contribution in [1.29, 1.82) is 0 Å². The van der Waals surface area contributed by atoms with Gasteiger partial charge in [-0.2, -0.15) is 0 Å². The van der Waals surface area contributed by atoms with Crippen LogP contribution in [0.5, 0.6) is 0 Å². The predicted molar refractivity (Wildman–Crippen MR) is 48.4 cm³/mol. The van der Waals surface area contributed by atoms with Crippen LogP contribution < -0.4 is 5.32 Å². The second-order valence-electron chi connectivity index (χ2n) is 3.80. The zero-order valence-electron chi connectivity index (χ0n) is 7.86. The summed E-state index contributed by atoms with van der Waals surface area (Å²) in [6.45, 7) is 2.60. The molecule has 0 radical (unpaired) electrons. The second-order valence-corrected chi connectivity index (χ2v) is 3.80. The van der Waals surface area contributed by atoms with Crippen molar-refractivity contribution < 1.29 is 15.0 Å². The summed E-state index contributed by atoms with van der Waals surface area (Å²) in [5, 5.41) is 21.0. The molecular formula is C9H17NO3. The molecule has 1 saturated carbocycles. The SMILES string of the molecule is CC(CNCC(O)C1CC1)C(=O)O. The molecular weight excluding hydrogens is 170 g/mol. The molecule has 4 nitrogen and oxygen atoms in total. The standard InChI is InChI=1S/C9H17NO3/c1-6(9(12)13)4-10-5-8(11)7-2-3-7/h6-8,10-11H,2-5H2,1H3,(H,12,13). The molecule has 0 aliphatic heterocycles. The van der Waals surface area contributed by atoms with Gasteiger partial charge in [0.1, 0.15) is 0 Å². The van der Waals surface area contributed by atoms with Crippen molar-refractivity contribution in [3.8, 4) is 0 Å². The first kappa shape index (κ1) is 10.5. The number of nitrogens with one attached hydrogen (secondary N) is 1. The van der Waals surface area contributed by atoms with Crippen molar-refractivity contribution in [2.45, 2.75) is 25.9 Å². The Hall–Kier alpha value is -0.610. The van der Waals surface area contributed by atoms with E-state index in [0.29, 0.717) is 19.0 Å². The van der Waals surface area contributed by atoms with Gasteiger partial charge in [0, 0.05) is 13.1 Å². The van der Waals surface area contributed by atoms with Gasteiger partial charge in [0.05, 0.1) is 12.0 Å². The molecule has 1 aliphatic rings. The highest BCUT2D eigenvalue weighted by atomic mass is 16.4. The van der Waals surface area contributed by atoms with E-state index >= 15 is 0 Å². The van der Waals surface area contributed by atoms with Crippen LogP contribution in [0.4, 0.5) is 0 Å². The van der Waals surface area contributed by atoms with Crippen LogP contribution in [-0.4, -0.2) is 35.4 Å². The number of aliphatic hydroxyl groups excluding tert-OH is 1. The third-order valence-electron chi connectivity index (χ3n) is 2.39. The topological polar surface area (TPSA) is 69.6 Å². The van der Waals surface area contributed by atoms with Crippen LogP contribution in [0.1, 0.15) is 19.8 Å². The van der Waals surface area contributed by atoms with Crippen molar-refractivity contribution in [2.24, 2.45) is 11.8 Å². The first-order valence-corrected chi connectivity index (χ1v) is 4.73. The molecule has 2 atom stereocenters. The van der Waals surface area contributed by atoms with Crippen molar-refractivity contribution in [2.75, 3.05) is 13.1 Å². The number of carboxylic acids is 1. The maximum atomic E-state index is 10.4. The van der Waals surface area contributed by atoms with Gasteiger partial charge in [-0.1, -0.05) is 6.92 Å². The maximum Gasteiger partial charge on any atom is 0.307 e. The first-order chi connectivity index (χ1) is 6.11. The second kappa shape index (κ2) is 4.58. The van der Waals surface area contributed by atoms with Gasteiger partial charge in [-0.15, -0.1) is 0 Å². The van der Waals surface area contributed by atoms with Crippen LogP contribution in [0.15, 0.2) is 0 Å². The Kier molecular flexibility index (Phi) is 3.69. The number of carbonyl (C=O) groups is 1. The molecule has 0 saturated heterocycles. The summed E-state index contributed by atoms with van der Waals surface area (Å²) < 4.78 is 0. The summed E-state index contributed by atoms with van der Waals surface area (Å²) in [7, 11) is 0. The highest BCUT2D eigenvalue weighted by molar-refractivity contribution is 5.69. The third-order valence-corrected chi connectivity index (χ3v) is 2.39. The Morgan fingerprint density at radius 1 is 1.54 bits per heavy atom. The van der Waals surface area contributed by atoms with E-state index in [1.807, 2.05) is 0 Å². The van der Waals surface area contributed by atoms with E-state index in [2.05, 4.69) is 5.32 Å². The Morgan fingerprint density at radius 3 is 2.62 bits per heavy atom. The highest BCUT2D eigenvalue weighted by Crippen LogP contribution is 2.32. The summed E-state index contributed by atoms with van der Waals surface area (Å²) >= 11 is 0. The van der Waals surface area contributed by atoms with Gasteiger partial charge in [0.25, 0.3) is 0 Å². The Morgan fingerprint density at radius 2 is 2.15 bits per heavy atom. The summed E-state index contributed by atoms with van der Waals surface area (Å²) in [5.74, 6) is -0.729. The van der Waals surface area contributed by atoms with Gasteiger partial charge in [-0.25, -0.2) is 0 Å². The van der Waals surface area contributed by atoms with Crippen LogP contribution >= 0.6 is 0 Å². The molecule has 4 heteroatoms. The van der Waals surface area contributed by atoms with Crippen LogP contribution in [0.25, 0.3) is 0 Å². The summed E-state index contributed by atoms with van der Waals surface area (Å²) in [6.07, 6.45) is 1.93. The fourth-order valence-electron chi connectivity index (χ4n) is 1.18. The molecule has 1 aliphatic carbocycles. The summed E-state index contributed by atoms with van der Waals surface area (Å²) in [6, 6.07) is 0. The average Bonchev–Trinajstić information content (AvgIpc) is 2.85. The lowest BCUT2D eigenvalue weighted by Gasteiger charge is -2.12. The molecule has 0 aromatic heterocycles. The number of hydrogen-bond donors (Lipinski definition) is 3. The zero-order valence-corrected chi connectivity index (χ0v) is 7.86. The molecule has 0 aromatic carbocycles. The van der Waals surface area contributed by atoms with Crippen molar-refractivity contribution >= 4 is 5.97 Å². The molecule has 0 heterocycles. The minimum atomic E-state index is -0.798. The van der Waals surface area contributed by atoms with Crippen LogP contribution in [0, 0.1) is 11.8 Å². The highest BCUT2D eigenvalue weighted by Gasteiger charge is 2.29. The Bertz CT molecular complexity index is 180. The normalized spacial score (nSPS) is 21.1. The predicted octanol–water partition coefficient (Wildman–Crippen LogP) is 0.0676. The largest absolute Gasteiger partial charge is 0.481 e. The lowest BCUT2D eigenvalue weighted by atomic mass is 10.2. The van der Waals surface area contributed by atoms with E-state index in [0.717, 1.165) is 12.8 Å². The van der Waals surface area contributed by atoms with Gasteiger partial charge in [-0.3, -0.25) is 4.79 Å². The van der Waals surface area contributed by atoms with Crippen molar-refractivity contribution in [3.63, 3.8) is 0 Å². The molecule has 76 valence electrons. The minimum absolute atomic E-state index is 0.291. The molecule has 1 fully saturated rings. The molecule has 13 heavy (non-hydrogen) atoms. The average molecular weight is 187 g/mol. The Labute approximate surface area is 78.0 Å². The van der Waals surface area contributed by atoms with E-state index in [1.165, 1.54) is 0 Å². The maximum absolute atomic E-state index is 10.4. The van der Waals surface area contributed by atoms with E-state index < -0.39 is 5.97 Å². The molecule has 2 unspecified atom stereocenters. The molecule has 0 bridgehead atoms. The van der Waals surface area contributed by atoms with Crippen LogP contribution in [0.3, 0.4) is 0 Å². The third kappa shape index (κ3) is 3.74.